The molecule has 0 aliphatic heterocycles. The second kappa shape index (κ2) is 6.19. The van der Waals surface area contributed by atoms with Gasteiger partial charge in [-0.3, -0.25) is 4.57 Å². The van der Waals surface area contributed by atoms with Crippen LogP contribution in [0.2, 0.25) is 0 Å². The molecule has 0 aromatic heterocycles. The number of hydrogen-bond acceptors (Lipinski definition) is 3. The minimum absolute atomic E-state index is 0.384. The third kappa shape index (κ3) is 3.18. The zero-order valence-electron chi connectivity index (χ0n) is 10.1. The van der Waals surface area contributed by atoms with Crippen LogP contribution < -0.4 is 5.30 Å². The van der Waals surface area contributed by atoms with Crippen LogP contribution >= 0.6 is 7.60 Å². The lowest BCUT2D eigenvalue weighted by Gasteiger charge is -2.19. The van der Waals surface area contributed by atoms with Crippen LogP contribution in [0.3, 0.4) is 0 Å². The molecule has 0 spiro atoms. The van der Waals surface area contributed by atoms with Crippen molar-refractivity contribution in [2.45, 2.75) is 27.2 Å². The molecule has 0 aliphatic rings. The van der Waals surface area contributed by atoms with Crippen LogP contribution in [-0.4, -0.2) is 13.2 Å². The van der Waals surface area contributed by atoms with E-state index >= 15 is 0 Å². The van der Waals surface area contributed by atoms with Crippen molar-refractivity contribution in [2.24, 2.45) is 0 Å². The first-order chi connectivity index (χ1) is 7.64. The topological polar surface area (TPSA) is 35.5 Å². The first-order valence-electron chi connectivity index (χ1n) is 5.59. The smallest absolute Gasteiger partial charge is 0.305 e. The van der Waals surface area contributed by atoms with Crippen LogP contribution in [0.15, 0.2) is 24.3 Å². The molecule has 0 fully saturated rings. The molecule has 0 heterocycles. The van der Waals surface area contributed by atoms with E-state index < -0.39 is 7.60 Å². The van der Waals surface area contributed by atoms with Gasteiger partial charge in [-0.25, -0.2) is 0 Å². The Labute approximate surface area is 97.3 Å². The molecule has 4 heteroatoms. The first kappa shape index (κ1) is 13.4. The van der Waals surface area contributed by atoms with Crippen LogP contribution in [0.4, 0.5) is 0 Å². The predicted molar refractivity (Wildman–Crippen MR) is 66.3 cm³/mol. The van der Waals surface area contributed by atoms with Crippen molar-refractivity contribution in [2.75, 3.05) is 13.2 Å². The molecule has 1 unspecified atom stereocenters. The maximum absolute atomic E-state index is 12.6. The van der Waals surface area contributed by atoms with Crippen molar-refractivity contribution < 1.29 is 13.6 Å². The third-order valence-electron chi connectivity index (χ3n) is 2.17. The van der Waals surface area contributed by atoms with Gasteiger partial charge in [-0.2, -0.15) is 0 Å². The molecule has 3 nitrogen and oxygen atoms in total. The fourth-order valence-electron chi connectivity index (χ4n) is 1.43. The Kier molecular flexibility index (Phi) is 5.20. The summed E-state index contributed by atoms with van der Waals surface area (Å²) in [6, 6.07) is 7.48. The second-order valence-electron chi connectivity index (χ2n) is 3.53. The summed E-state index contributed by atoms with van der Waals surface area (Å²) in [6.45, 7) is 6.55. The van der Waals surface area contributed by atoms with Crippen LogP contribution in [0.5, 0.6) is 0 Å². The number of aryl methyl sites for hydroxylation is 1. The zero-order valence-corrected chi connectivity index (χ0v) is 11.0. The Balaban J connectivity index is 3.01. The summed E-state index contributed by atoms with van der Waals surface area (Å²) in [6.07, 6.45) is 0.822. The van der Waals surface area contributed by atoms with E-state index in [2.05, 4.69) is 0 Å². The molecule has 1 atom stereocenters. The molecule has 0 aliphatic carbocycles. The quantitative estimate of drug-likeness (QED) is 0.718. The van der Waals surface area contributed by atoms with Gasteiger partial charge in [0.1, 0.15) is 0 Å². The van der Waals surface area contributed by atoms with Crippen molar-refractivity contribution in [1.82, 2.24) is 0 Å². The Bertz CT molecular complexity index is 376. The van der Waals surface area contributed by atoms with Gasteiger partial charge in [0, 0.05) is 0 Å². The van der Waals surface area contributed by atoms with E-state index in [0.29, 0.717) is 18.5 Å². The fraction of sp³-hybridized carbons (Fsp3) is 0.500. The molecular formula is C12H19O3P. The lowest BCUT2D eigenvalue weighted by atomic mass is 10.2. The Morgan fingerprint density at radius 1 is 1.19 bits per heavy atom. The summed E-state index contributed by atoms with van der Waals surface area (Å²) in [7, 11) is -3.13. The lowest BCUT2D eigenvalue weighted by molar-refractivity contribution is 0.221. The molecule has 0 N–H and O–H groups in total. The van der Waals surface area contributed by atoms with Crippen LogP contribution in [0.25, 0.3) is 0 Å². The fourth-order valence-corrected chi connectivity index (χ4v) is 3.32. The summed E-state index contributed by atoms with van der Waals surface area (Å²) in [5.41, 5.74) is 0.940. The van der Waals surface area contributed by atoms with E-state index in [9.17, 15) is 4.57 Å². The molecule has 0 bridgehead atoms. The summed E-state index contributed by atoms with van der Waals surface area (Å²) < 4.78 is 23.3. The Morgan fingerprint density at radius 3 is 2.44 bits per heavy atom. The van der Waals surface area contributed by atoms with Crippen LogP contribution in [0.1, 0.15) is 25.8 Å². The van der Waals surface area contributed by atoms with Gasteiger partial charge in [0.2, 0.25) is 0 Å². The SMILES string of the molecule is CCCOP(=O)(OCC)c1ccccc1C. The molecule has 0 saturated carbocycles. The van der Waals surface area contributed by atoms with Crippen molar-refractivity contribution in [3.63, 3.8) is 0 Å². The minimum atomic E-state index is -3.13. The Hall–Kier alpha value is -0.630. The average Bonchev–Trinajstić information content (AvgIpc) is 2.27. The van der Waals surface area contributed by atoms with Gasteiger partial charge in [-0.05, 0) is 31.9 Å². The summed E-state index contributed by atoms with van der Waals surface area (Å²) in [5, 5.41) is 0.672. The summed E-state index contributed by atoms with van der Waals surface area (Å²) in [4.78, 5) is 0. The molecule has 0 saturated heterocycles. The highest BCUT2D eigenvalue weighted by atomic mass is 31.2. The largest absolute Gasteiger partial charge is 0.361 e. The van der Waals surface area contributed by atoms with Crippen molar-refractivity contribution in [3.8, 4) is 0 Å². The van der Waals surface area contributed by atoms with E-state index in [0.717, 1.165) is 12.0 Å². The van der Waals surface area contributed by atoms with Gasteiger partial charge < -0.3 is 9.05 Å². The van der Waals surface area contributed by atoms with Gasteiger partial charge in [0.25, 0.3) is 0 Å². The summed E-state index contributed by atoms with van der Waals surface area (Å²) in [5.74, 6) is 0. The lowest BCUT2D eigenvalue weighted by Crippen LogP contribution is -2.13. The molecular weight excluding hydrogens is 223 g/mol. The highest BCUT2D eigenvalue weighted by Gasteiger charge is 2.28. The normalized spacial score (nSPS) is 14.7. The first-order valence-corrected chi connectivity index (χ1v) is 7.13. The molecule has 1 aromatic carbocycles. The third-order valence-corrected chi connectivity index (χ3v) is 4.39. The van der Waals surface area contributed by atoms with E-state index in [4.69, 9.17) is 9.05 Å². The van der Waals surface area contributed by atoms with E-state index in [1.54, 1.807) is 6.07 Å². The van der Waals surface area contributed by atoms with Crippen molar-refractivity contribution in [1.29, 1.82) is 0 Å². The molecule has 0 radical (unpaired) electrons. The van der Waals surface area contributed by atoms with Gasteiger partial charge in [0.15, 0.2) is 0 Å². The van der Waals surface area contributed by atoms with Crippen molar-refractivity contribution in [3.05, 3.63) is 29.8 Å². The number of rotatable bonds is 6. The van der Waals surface area contributed by atoms with Gasteiger partial charge in [-0.15, -0.1) is 0 Å². The highest BCUT2D eigenvalue weighted by molar-refractivity contribution is 7.62. The standard InChI is InChI=1S/C12H19O3P/c1-4-10-15-16(13,14-5-2)12-9-7-6-8-11(12)3/h6-9H,4-5,10H2,1-3H3. The van der Waals surface area contributed by atoms with Crippen molar-refractivity contribution >= 4 is 12.9 Å². The maximum atomic E-state index is 12.6. The van der Waals surface area contributed by atoms with Crippen LogP contribution in [-0.2, 0) is 13.6 Å². The zero-order chi connectivity index (χ0) is 12.0. The van der Waals surface area contributed by atoms with E-state index in [1.807, 2.05) is 39.0 Å². The molecule has 1 aromatic rings. The van der Waals surface area contributed by atoms with Crippen LogP contribution in [0, 0.1) is 6.92 Å². The maximum Gasteiger partial charge on any atom is 0.361 e. The summed E-state index contributed by atoms with van der Waals surface area (Å²) >= 11 is 0. The van der Waals surface area contributed by atoms with Gasteiger partial charge in [0.05, 0.1) is 18.5 Å². The van der Waals surface area contributed by atoms with E-state index in [-0.39, 0.29) is 0 Å². The second-order valence-corrected chi connectivity index (χ2v) is 5.53. The molecule has 90 valence electrons. The highest BCUT2D eigenvalue weighted by Crippen LogP contribution is 2.47. The molecule has 16 heavy (non-hydrogen) atoms. The average molecular weight is 242 g/mol. The monoisotopic (exact) mass is 242 g/mol. The van der Waals surface area contributed by atoms with Gasteiger partial charge >= 0.3 is 7.60 Å². The molecule has 1 rings (SSSR count). The van der Waals surface area contributed by atoms with E-state index in [1.165, 1.54) is 0 Å². The van der Waals surface area contributed by atoms with Gasteiger partial charge in [-0.1, -0.05) is 25.1 Å². The minimum Gasteiger partial charge on any atom is -0.305 e. The molecule has 0 amide bonds. The number of hydrogen-bond donors (Lipinski definition) is 0. The predicted octanol–water partition coefficient (Wildman–Crippen LogP) is 3.28. The Morgan fingerprint density at radius 2 is 1.88 bits per heavy atom. The number of benzene rings is 1.